The molecule has 0 heterocycles. The van der Waals surface area contributed by atoms with Gasteiger partial charge in [-0.15, -0.1) is 0 Å². The molecule has 15 heavy (non-hydrogen) atoms. The first-order chi connectivity index (χ1) is 6.97. The lowest BCUT2D eigenvalue weighted by Gasteiger charge is -2.24. The van der Waals surface area contributed by atoms with Gasteiger partial charge in [0.1, 0.15) is 0 Å². The number of nitrogens with one attached hydrogen (secondary N) is 1. The first-order valence-corrected chi connectivity index (χ1v) is 6.72. The molecule has 1 nitrogen and oxygen atoms in total. The average molecular weight is 211 g/mol. The lowest BCUT2D eigenvalue weighted by atomic mass is 9.95. The standard InChI is InChI=1S/C14H29N/c1-12(11-15-14(2,3)4)9-10-13-7-5-6-8-13/h12-13,15H,5-11H2,1-4H3. The molecule has 1 rings (SSSR count). The van der Waals surface area contributed by atoms with Crippen LogP contribution in [0, 0.1) is 11.8 Å². The van der Waals surface area contributed by atoms with E-state index in [0.29, 0.717) is 0 Å². The molecule has 1 heteroatoms. The van der Waals surface area contributed by atoms with E-state index in [0.717, 1.165) is 11.8 Å². The van der Waals surface area contributed by atoms with E-state index < -0.39 is 0 Å². The largest absolute Gasteiger partial charge is 0.312 e. The third kappa shape index (κ3) is 6.19. The van der Waals surface area contributed by atoms with Crippen LogP contribution in [0.1, 0.15) is 66.2 Å². The summed E-state index contributed by atoms with van der Waals surface area (Å²) in [6.45, 7) is 10.3. The third-order valence-corrected chi connectivity index (χ3v) is 3.52. The predicted molar refractivity (Wildman–Crippen MR) is 68.1 cm³/mol. The fraction of sp³-hybridized carbons (Fsp3) is 1.00. The maximum atomic E-state index is 3.60. The van der Waals surface area contributed by atoms with Gasteiger partial charge in [0.05, 0.1) is 0 Å². The Hall–Kier alpha value is -0.0400. The van der Waals surface area contributed by atoms with Gasteiger partial charge >= 0.3 is 0 Å². The van der Waals surface area contributed by atoms with Crippen molar-refractivity contribution in [1.82, 2.24) is 5.32 Å². The Morgan fingerprint density at radius 2 is 1.80 bits per heavy atom. The molecule has 0 spiro atoms. The van der Waals surface area contributed by atoms with Crippen LogP contribution in [0.25, 0.3) is 0 Å². The second kappa shape index (κ2) is 5.89. The molecule has 0 radical (unpaired) electrons. The highest BCUT2D eigenvalue weighted by atomic mass is 14.9. The molecule has 1 aliphatic rings. The molecule has 90 valence electrons. The van der Waals surface area contributed by atoms with Crippen LogP contribution in [-0.4, -0.2) is 12.1 Å². The molecule has 0 aliphatic heterocycles. The Morgan fingerprint density at radius 3 is 2.33 bits per heavy atom. The molecule has 0 aromatic rings. The van der Waals surface area contributed by atoms with E-state index in [1.54, 1.807) is 0 Å². The van der Waals surface area contributed by atoms with Crippen LogP contribution >= 0.6 is 0 Å². The summed E-state index contributed by atoms with van der Waals surface area (Å²) in [5.74, 6) is 1.90. The number of rotatable bonds is 5. The van der Waals surface area contributed by atoms with Crippen molar-refractivity contribution >= 4 is 0 Å². The van der Waals surface area contributed by atoms with E-state index in [-0.39, 0.29) is 5.54 Å². The van der Waals surface area contributed by atoms with Gasteiger partial charge in [0, 0.05) is 5.54 Å². The van der Waals surface area contributed by atoms with Crippen LogP contribution in [0.15, 0.2) is 0 Å². The van der Waals surface area contributed by atoms with E-state index in [2.05, 4.69) is 33.0 Å². The van der Waals surface area contributed by atoms with Gasteiger partial charge in [0.25, 0.3) is 0 Å². The van der Waals surface area contributed by atoms with E-state index >= 15 is 0 Å². The highest BCUT2D eigenvalue weighted by Gasteiger charge is 2.16. The van der Waals surface area contributed by atoms with Crippen molar-refractivity contribution in [1.29, 1.82) is 0 Å². The van der Waals surface area contributed by atoms with Gasteiger partial charge < -0.3 is 5.32 Å². The van der Waals surface area contributed by atoms with Crippen molar-refractivity contribution in [3.05, 3.63) is 0 Å². The Labute approximate surface area is 96.0 Å². The van der Waals surface area contributed by atoms with Gasteiger partial charge in [-0.05, 0) is 45.6 Å². The molecule has 1 N–H and O–H groups in total. The fourth-order valence-electron chi connectivity index (χ4n) is 2.40. The average Bonchev–Trinajstić information content (AvgIpc) is 2.62. The van der Waals surface area contributed by atoms with Crippen molar-refractivity contribution in [3.8, 4) is 0 Å². The van der Waals surface area contributed by atoms with Crippen LogP contribution in [0.2, 0.25) is 0 Å². The molecular weight excluding hydrogens is 182 g/mol. The lowest BCUT2D eigenvalue weighted by molar-refractivity contribution is 0.349. The maximum Gasteiger partial charge on any atom is 0.00966 e. The van der Waals surface area contributed by atoms with Gasteiger partial charge in [0.2, 0.25) is 0 Å². The minimum atomic E-state index is 0.279. The summed E-state index contributed by atoms with van der Waals surface area (Å²) in [7, 11) is 0. The van der Waals surface area contributed by atoms with Gasteiger partial charge in [-0.3, -0.25) is 0 Å². The monoisotopic (exact) mass is 211 g/mol. The van der Waals surface area contributed by atoms with Crippen LogP contribution in [0.5, 0.6) is 0 Å². The molecule has 0 bridgehead atoms. The summed E-state index contributed by atoms with van der Waals surface area (Å²) in [4.78, 5) is 0. The van der Waals surface area contributed by atoms with Crippen molar-refractivity contribution in [2.24, 2.45) is 11.8 Å². The molecule has 0 aromatic heterocycles. The maximum absolute atomic E-state index is 3.60. The summed E-state index contributed by atoms with van der Waals surface area (Å²) in [5.41, 5.74) is 0.279. The molecule has 1 saturated carbocycles. The Bertz CT molecular complexity index is 163. The van der Waals surface area contributed by atoms with Crippen LogP contribution < -0.4 is 5.32 Å². The molecule has 0 saturated heterocycles. The minimum absolute atomic E-state index is 0.279. The van der Waals surface area contributed by atoms with Gasteiger partial charge in [-0.1, -0.05) is 39.0 Å². The second-order valence-electron chi connectivity index (χ2n) is 6.46. The number of hydrogen-bond donors (Lipinski definition) is 1. The van der Waals surface area contributed by atoms with Crippen LogP contribution in [-0.2, 0) is 0 Å². The molecule has 0 aromatic carbocycles. The highest BCUT2D eigenvalue weighted by Crippen LogP contribution is 2.29. The molecule has 1 fully saturated rings. The van der Waals surface area contributed by atoms with E-state index in [9.17, 15) is 0 Å². The lowest BCUT2D eigenvalue weighted by Crippen LogP contribution is -2.38. The first kappa shape index (κ1) is 13.0. The van der Waals surface area contributed by atoms with Gasteiger partial charge in [-0.2, -0.15) is 0 Å². The van der Waals surface area contributed by atoms with Crippen LogP contribution in [0.3, 0.4) is 0 Å². The summed E-state index contributed by atoms with van der Waals surface area (Å²) in [5, 5.41) is 3.60. The first-order valence-electron chi connectivity index (χ1n) is 6.72. The molecular formula is C14H29N. The quantitative estimate of drug-likeness (QED) is 0.725. The zero-order valence-corrected chi connectivity index (χ0v) is 11.1. The SMILES string of the molecule is CC(CCC1CCCC1)CNC(C)(C)C. The molecule has 1 aliphatic carbocycles. The van der Waals surface area contributed by atoms with Crippen molar-refractivity contribution < 1.29 is 0 Å². The Morgan fingerprint density at radius 1 is 1.20 bits per heavy atom. The predicted octanol–water partition coefficient (Wildman–Crippen LogP) is 3.98. The Balaban J connectivity index is 2.05. The molecule has 0 amide bonds. The van der Waals surface area contributed by atoms with Crippen LogP contribution in [0.4, 0.5) is 0 Å². The number of hydrogen-bond acceptors (Lipinski definition) is 1. The second-order valence-corrected chi connectivity index (χ2v) is 6.46. The fourth-order valence-corrected chi connectivity index (χ4v) is 2.40. The summed E-state index contributed by atoms with van der Waals surface area (Å²) >= 11 is 0. The summed E-state index contributed by atoms with van der Waals surface area (Å²) in [6.07, 6.45) is 8.85. The van der Waals surface area contributed by atoms with Crippen molar-refractivity contribution in [2.45, 2.75) is 71.8 Å². The smallest absolute Gasteiger partial charge is 0.00966 e. The molecule has 1 atom stereocenters. The van der Waals surface area contributed by atoms with E-state index in [1.165, 1.54) is 45.1 Å². The molecule has 1 unspecified atom stereocenters. The zero-order chi connectivity index (χ0) is 11.3. The van der Waals surface area contributed by atoms with E-state index in [1.807, 2.05) is 0 Å². The zero-order valence-electron chi connectivity index (χ0n) is 11.1. The normalized spacial score (nSPS) is 20.8. The summed E-state index contributed by atoms with van der Waals surface area (Å²) in [6, 6.07) is 0. The minimum Gasteiger partial charge on any atom is -0.312 e. The van der Waals surface area contributed by atoms with Gasteiger partial charge in [-0.25, -0.2) is 0 Å². The van der Waals surface area contributed by atoms with E-state index in [4.69, 9.17) is 0 Å². The summed E-state index contributed by atoms with van der Waals surface area (Å²) < 4.78 is 0. The van der Waals surface area contributed by atoms with Gasteiger partial charge in [0.15, 0.2) is 0 Å². The third-order valence-electron chi connectivity index (χ3n) is 3.52. The van der Waals surface area contributed by atoms with Crippen molar-refractivity contribution in [2.75, 3.05) is 6.54 Å². The topological polar surface area (TPSA) is 12.0 Å². The van der Waals surface area contributed by atoms with Crippen molar-refractivity contribution in [3.63, 3.8) is 0 Å². The highest BCUT2D eigenvalue weighted by molar-refractivity contribution is 4.73. The Kier molecular flexibility index (Phi) is 5.11.